The molecule has 2 aromatic rings. The largest absolute Gasteiger partial charge is 0.396 e. The predicted molar refractivity (Wildman–Crippen MR) is 76.9 cm³/mol. The molecule has 100 valence electrons. The first-order chi connectivity index (χ1) is 9.20. The Morgan fingerprint density at radius 2 is 2.11 bits per heavy atom. The van der Waals surface area contributed by atoms with Crippen LogP contribution in [0.25, 0.3) is 10.8 Å². The minimum absolute atomic E-state index is 0.00796. The number of aromatic nitrogens is 2. The van der Waals surface area contributed by atoms with E-state index in [0.717, 1.165) is 35.2 Å². The molecule has 5 heteroatoms. The van der Waals surface area contributed by atoms with Crippen LogP contribution >= 0.6 is 11.6 Å². The SMILES string of the molecule is CC(CO)c1ncc(N2CCC2)c2cnc(Cl)cc12. The zero-order valence-electron chi connectivity index (χ0n) is 10.8. The van der Waals surface area contributed by atoms with Gasteiger partial charge < -0.3 is 10.0 Å². The third-order valence-electron chi connectivity index (χ3n) is 3.69. The molecule has 0 spiro atoms. The van der Waals surface area contributed by atoms with E-state index in [4.69, 9.17) is 11.6 Å². The predicted octanol–water partition coefficient (Wildman–Crippen LogP) is 2.59. The fourth-order valence-corrected chi connectivity index (χ4v) is 2.56. The van der Waals surface area contributed by atoms with Crippen LogP contribution in [0.5, 0.6) is 0 Å². The Morgan fingerprint density at radius 1 is 1.32 bits per heavy atom. The van der Waals surface area contributed by atoms with Gasteiger partial charge in [-0.25, -0.2) is 4.98 Å². The van der Waals surface area contributed by atoms with Gasteiger partial charge in [-0.1, -0.05) is 18.5 Å². The van der Waals surface area contributed by atoms with Crippen LogP contribution in [0.4, 0.5) is 5.69 Å². The first-order valence-electron chi connectivity index (χ1n) is 6.50. The van der Waals surface area contributed by atoms with Crippen LogP contribution in [0.15, 0.2) is 18.5 Å². The van der Waals surface area contributed by atoms with Gasteiger partial charge in [0.15, 0.2) is 0 Å². The lowest BCUT2D eigenvalue weighted by Gasteiger charge is -2.34. The van der Waals surface area contributed by atoms with Crippen LogP contribution in [-0.2, 0) is 0 Å². The van der Waals surface area contributed by atoms with Gasteiger partial charge in [-0.3, -0.25) is 4.98 Å². The molecule has 0 bridgehead atoms. The lowest BCUT2D eigenvalue weighted by molar-refractivity contribution is 0.272. The number of aliphatic hydroxyl groups excluding tert-OH is 1. The Morgan fingerprint density at radius 3 is 2.74 bits per heavy atom. The summed E-state index contributed by atoms with van der Waals surface area (Å²) in [7, 11) is 0. The third-order valence-corrected chi connectivity index (χ3v) is 3.89. The van der Waals surface area contributed by atoms with Gasteiger partial charge in [-0.2, -0.15) is 0 Å². The van der Waals surface area contributed by atoms with Gasteiger partial charge in [0, 0.05) is 36.0 Å². The van der Waals surface area contributed by atoms with Gasteiger partial charge in [0.1, 0.15) is 5.15 Å². The molecular formula is C14H16ClN3O. The molecule has 1 unspecified atom stereocenters. The molecule has 1 atom stereocenters. The van der Waals surface area contributed by atoms with E-state index in [1.807, 2.05) is 19.2 Å². The number of anilines is 1. The van der Waals surface area contributed by atoms with Crippen LogP contribution < -0.4 is 4.90 Å². The van der Waals surface area contributed by atoms with Crippen molar-refractivity contribution in [3.05, 3.63) is 29.3 Å². The van der Waals surface area contributed by atoms with E-state index in [1.54, 1.807) is 6.20 Å². The molecule has 3 heterocycles. The van der Waals surface area contributed by atoms with E-state index < -0.39 is 0 Å². The molecule has 0 aromatic carbocycles. The van der Waals surface area contributed by atoms with Crippen LogP contribution in [0.2, 0.25) is 5.15 Å². The highest BCUT2D eigenvalue weighted by molar-refractivity contribution is 6.30. The summed E-state index contributed by atoms with van der Waals surface area (Å²) in [5.41, 5.74) is 1.99. The monoisotopic (exact) mass is 277 g/mol. The van der Waals surface area contributed by atoms with Gasteiger partial charge in [-0.05, 0) is 12.5 Å². The van der Waals surface area contributed by atoms with E-state index in [2.05, 4.69) is 14.9 Å². The number of rotatable bonds is 3. The number of hydrogen-bond donors (Lipinski definition) is 1. The summed E-state index contributed by atoms with van der Waals surface area (Å²) in [6.45, 7) is 4.16. The lowest BCUT2D eigenvalue weighted by Crippen LogP contribution is -2.37. The Balaban J connectivity index is 2.21. The van der Waals surface area contributed by atoms with E-state index in [9.17, 15) is 5.11 Å². The van der Waals surface area contributed by atoms with Crippen LogP contribution in [0.1, 0.15) is 25.0 Å². The average molecular weight is 278 g/mol. The van der Waals surface area contributed by atoms with Crippen LogP contribution in [0, 0.1) is 0 Å². The molecule has 1 fully saturated rings. The summed E-state index contributed by atoms with van der Waals surface area (Å²) in [5, 5.41) is 11.9. The van der Waals surface area contributed by atoms with Crippen molar-refractivity contribution < 1.29 is 5.11 Å². The Bertz CT molecular complexity index is 613. The quantitative estimate of drug-likeness (QED) is 0.876. The Hall–Kier alpha value is -1.39. The van der Waals surface area contributed by atoms with E-state index >= 15 is 0 Å². The van der Waals surface area contributed by atoms with Gasteiger partial charge >= 0.3 is 0 Å². The van der Waals surface area contributed by atoms with Crippen molar-refractivity contribution in [3.63, 3.8) is 0 Å². The molecule has 3 rings (SSSR count). The number of halogens is 1. The van der Waals surface area contributed by atoms with Crippen molar-refractivity contribution in [1.82, 2.24) is 9.97 Å². The molecule has 1 aliphatic rings. The zero-order valence-corrected chi connectivity index (χ0v) is 11.6. The summed E-state index contributed by atoms with van der Waals surface area (Å²) in [6.07, 6.45) is 4.91. The fraction of sp³-hybridized carbons (Fsp3) is 0.429. The summed E-state index contributed by atoms with van der Waals surface area (Å²) >= 11 is 6.00. The smallest absolute Gasteiger partial charge is 0.129 e. The number of hydrogen-bond acceptors (Lipinski definition) is 4. The molecule has 0 saturated carbocycles. The second-order valence-corrected chi connectivity index (χ2v) is 5.39. The Kier molecular flexibility index (Phi) is 3.29. The topological polar surface area (TPSA) is 49.3 Å². The van der Waals surface area contributed by atoms with Gasteiger partial charge in [0.2, 0.25) is 0 Å². The normalized spacial score (nSPS) is 16.5. The van der Waals surface area contributed by atoms with Crippen molar-refractivity contribution in [3.8, 4) is 0 Å². The number of aliphatic hydroxyl groups is 1. The molecular weight excluding hydrogens is 262 g/mol. The summed E-state index contributed by atoms with van der Waals surface area (Å²) in [5.74, 6) is -0.00796. The first-order valence-corrected chi connectivity index (χ1v) is 6.88. The highest BCUT2D eigenvalue weighted by atomic mass is 35.5. The maximum atomic E-state index is 9.35. The number of pyridine rings is 2. The number of fused-ring (bicyclic) bond motifs is 1. The maximum absolute atomic E-state index is 9.35. The summed E-state index contributed by atoms with van der Waals surface area (Å²) in [4.78, 5) is 11.0. The van der Waals surface area contributed by atoms with Crippen molar-refractivity contribution in [2.75, 3.05) is 24.6 Å². The van der Waals surface area contributed by atoms with Crippen molar-refractivity contribution >= 4 is 28.1 Å². The molecule has 1 saturated heterocycles. The van der Waals surface area contributed by atoms with E-state index in [1.165, 1.54) is 6.42 Å². The molecule has 19 heavy (non-hydrogen) atoms. The fourth-order valence-electron chi connectivity index (χ4n) is 2.40. The lowest BCUT2D eigenvalue weighted by atomic mass is 10.0. The Labute approximate surface area is 117 Å². The highest BCUT2D eigenvalue weighted by Crippen LogP contribution is 2.33. The van der Waals surface area contributed by atoms with Crippen LogP contribution in [-0.4, -0.2) is 34.8 Å². The molecule has 4 nitrogen and oxygen atoms in total. The second-order valence-electron chi connectivity index (χ2n) is 5.01. The van der Waals surface area contributed by atoms with Crippen molar-refractivity contribution in [1.29, 1.82) is 0 Å². The molecule has 1 aliphatic heterocycles. The van der Waals surface area contributed by atoms with E-state index in [-0.39, 0.29) is 12.5 Å². The van der Waals surface area contributed by atoms with E-state index in [0.29, 0.717) is 5.15 Å². The summed E-state index contributed by atoms with van der Waals surface area (Å²) < 4.78 is 0. The standard InChI is InChI=1S/C14H16ClN3O/c1-9(8-19)14-10-5-13(15)16-6-11(10)12(7-17-14)18-3-2-4-18/h5-7,9,19H,2-4,8H2,1H3. The third kappa shape index (κ3) is 2.15. The average Bonchev–Trinajstić information content (AvgIpc) is 2.36. The second kappa shape index (κ2) is 4.94. The zero-order chi connectivity index (χ0) is 13.4. The van der Waals surface area contributed by atoms with Crippen molar-refractivity contribution in [2.45, 2.75) is 19.3 Å². The number of nitrogens with zero attached hydrogens (tertiary/aromatic N) is 3. The molecule has 2 aromatic heterocycles. The van der Waals surface area contributed by atoms with Crippen LogP contribution in [0.3, 0.4) is 0 Å². The molecule has 0 aliphatic carbocycles. The minimum atomic E-state index is -0.00796. The van der Waals surface area contributed by atoms with Crippen molar-refractivity contribution in [2.24, 2.45) is 0 Å². The minimum Gasteiger partial charge on any atom is -0.396 e. The summed E-state index contributed by atoms with van der Waals surface area (Å²) in [6, 6.07) is 1.84. The van der Waals surface area contributed by atoms with Gasteiger partial charge in [0.25, 0.3) is 0 Å². The molecule has 1 N–H and O–H groups in total. The highest BCUT2D eigenvalue weighted by Gasteiger charge is 2.20. The molecule has 0 amide bonds. The first kappa shape index (κ1) is 12.6. The maximum Gasteiger partial charge on any atom is 0.129 e. The molecule has 0 radical (unpaired) electrons. The van der Waals surface area contributed by atoms with Gasteiger partial charge in [-0.15, -0.1) is 0 Å². The van der Waals surface area contributed by atoms with Gasteiger partial charge in [0.05, 0.1) is 24.2 Å².